The quantitative estimate of drug-likeness (QED) is 0.713. The SMILES string of the molecule is CCNc1cc(C(=O)NCCOCC2CC2)cc(C)n1. The highest BCUT2D eigenvalue weighted by Crippen LogP contribution is 2.28. The lowest BCUT2D eigenvalue weighted by atomic mass is 10.2. The molecule has 0 unspecified atom stereocenters. The summed E-state index contributed by atoms with van der Waals surface area (Å²) in [5, 5.41) is 5.99. The van der Waals surface area contributed by atoms with Crippen LogP contribution in [0.5, 0.6) is 0 Å². The molecule has 0 spiro atoms. The number of nitrogens with zero attached hydrogens (tertiary/aromatic N) is 1. The molecule has 1 aliphatic rings. The molecule has 110 valence electrons. The van der Waals surface area contributed by atoms with Gasteiger partial charge in [0, 0.05) is 31.0 Å². The van der Waals surface area contributed by atoms with Gasteiger partial charge >= 0.3 is 0 Å². The molecule has 1 heterocycles. The molecule has 20 heavy (non-hydrogen) atoms. The number of ether oxygens (including phenoxy) is 1. The lowest BCUT2D eigenvalue weighted by Gasteiger charge is -2.09. The van der Waals surface area contributed by atoms with Gasteiger partial charge in [-0.2, -0.15) is 0 Å². The number of carbonyl (C=O) groups excluding carboxylic acids is 1. The van der Waals surface area contributed by atoms with Crippen molar-refractivity contribution in [2.75, 3.05) is 31.6 Å². The van der Waals surface area contributed by atoms with Gasteiger partial charge in [-0.05, 0) is 44.7 Å². The van der Waals surface area contributed by atoms with E-state index in [-0.39, 0.29) is 5.91 Å². The maximum atomic E-state index is 12.0. The molecule has 0 bridgehead atoms. The van der Waals surface area contributed by atoms with Crippen LogP contribution in [0.15, 0.2) is 12.1 Å². The molecular weight excluding hydrogens is 254 g/mol. The summed E-state index contributed by atoms with van der Waals surface area (Å²) in [5.74, 6) is 1.42. The lowest BCUT2D eigenvalue weighted by Crippen LogP contribution is -2.27. The molecule has 0 saturated heterocycles. The van der Waals surface area contributed by atoms with E-state index < -0.39 is 0 Å². The number of amides is 1. The Balaban J connectivity index is 1.78. The van der Waals surface area contributed by atoms with Gasteiger partial charge in [-0.3, -0.25) is 4.79 Å². The number of hydrogen-bond acceptors (Lipinski definition) is 4. The van der Waals surface area contributed by atoms with Crippen LogP contribution in [0.4, 0.5) is 5.82 Å². The van der Waals surface area contributed by atoms with E-state index in [1.54, 1.807) is 12.1 Å². The minimum Gasteiger partial charge on any atom is -0.379 e. The van der Waals surface area contributed by atoms with E-state index in [0.29, 0.717) is 18.7 Å². The third kappa shape index (κ3) is 4.81. The van der Waals surface area contributed by atoms with Gasteiger partial charge in [0.2, 0.25) is 0 Å². The first-order valence-corrected chi connectivity index (χ1v) is 7.27. The van der Waals surface area contributed by atoms with Gasteiger partial charge in [-0.15, -0.1) is 0 Å². The topological polar surface area (TPSA) is 63.2 Å². The van der Waals surface area contributed by atoms with Crippen LogP contribution in [0.3, 0.4) is 0 Å². The maximum Gasteiger partial charge on any atom is 0.251 e. The first kappa shape index (κ1) is 14.8. The molecule has 5 nitrogen and oxygen atoms in total. The van der Waals surface area contributed by atoms with E-state index in [2.05, 4.69) is 15.6 Å². The van der Waals surface area contributed by atoms with Crippen molar-refractivity contribution in [2.45, 2.75) is 26.7 Å². The minimum atomic E-state index is -0.0790. The van der Waals surface area contributed by atoms with Crippen LogP contribution in [-0.4, -0.2) is 37.2 Å². The second-order valence-corrected chi connectivity index (χ2v) is 5.19. The number of nitrogens with one attached hydrogen (secondary N) is 2. The Morgan fingerprint density at radius 3 is 2.95 bits per heavy atom. The summed E-state index contributed by atoms with van der Waals surface area (Å²) in [7, 11) is 0. The van der Waals surface area contributed by atoms with Crippen molar-refractivity contribution >= 4 is 11.7 Å². The van der Waals surface area contributed by atoms with Crippen molar-refractivity contribution in [1.29, 1.82) is 0 Å². The molecule has 1 aromatic heterocycles. The van der Waals surface area contributed by atoms with Gasteiger partial charge in [0.15, 0.2) is 0 Å². The summed E-state index contributed by atoms with van der Waals surface area (Å²) in [6.07, 6.45) is 2.58. The third-order valence-corrected chi connectivity index (χ3v) is 3.16. The van der Waals surface area contributed by atoms with Gasteiger partial charge in [0.1, 0.15) is 5.82 Å². The largest absolute Gasteiger partial charge is 0.379 e. The Bertz CT molecular complexity index is 458. The van der Waals surface area contributed by atoms with E-state index in [1.165, 1.54) is 12.8 Å². The van der Waals surface area contributed by atoms with Gasteiger partial charge in [-0.25, -0.2) is 4.98 Å². The minimum absolute atomic E-state index is 0.0790. The molecule has 1 aromatic rings. The fourth-order valence-electron chi connectivity index (χ4n) is 1.94. The maximum absolute atomic E-state index is 12.0. The zero-order valence-electron chi connectivity index (χ0n) is 12.2. The molecule has 2 N–H and O–H groups in total. The highest BCUT2D eigenvalue weighted by molar-refractivity contribution is 5.94. The van der Waals surface area contributed by atoms with Crippen molar-refractivity contribution in [3.05, 3.63) is 23.4 Å². The zero-order chi connectivity index (χ0) is 14.4. The Kier molecular flexibility index (Phi) is 5.35. The predicted molar refractivity (Wildman–Crippen MR) is 79.0 cm³/mol. The summed E-state index contributed by atoms with van der Waals surface area (Å²) in [5.41, 5.74) is 1.47. The van der Waals surface area contributed by atoms with Crippen LogP contribution in [-0.2, 0) is 4.74 Å². The van der Waals surface area contributed by atoms with Crippen LogP contribution in [0, 0.1) is 12.8 Å². The van der Waals surface area contributed by atoms with Gasteiger partial charge < -0.3 is 15.4 Å². The molecular formula is C15H23N3O2. The first-order chi connectivity index (χ1) is 9.69. The predicted octanol–water partition coefficient (Wildman–Crippen LogP) is 1.98. The number of carbonyl (C=O) groups is 1. The van der Waals surface area contributed by atoms with Gasteiger partial charge in [0.05, 0.1) is 6.61 Å². The molecule has 1 amide bonds. The summed E-state index contributed by atoms with van der Waals surface area (Å²) >= 11 is 0. The van der Waals surface area contributed by atoms with E-state index >= 15 is 0 Å². The fraction of sp³-hybridized carbons (Fsp3) is 0.600. The Morgan fingerprint density at radius 1 is 1.45 bits per heavy atom. The van der Waals surface area contributed by atoms with Crippen molar-refractivity contribution < 1.29 is 9.53 Å². The molecule has 0 aliphatic heterocycles. The molecule has 0 radical (unpaired) electrons. The van der Waals surface area contributed by atoms with Crippen molar-refractivity contribution in [3.63, 3.8) is 0 Å². The normalized spacial score (nSPS) is 14.1. The van der Waals surface area contributed by atoms with Gasteiger partial charge in [-0.1, -0.05) is 0 Å². The Labute approximate surface area is 120 Å². The number of hydrogen-bond donors (Lipinski definition) is 2. The first-order valence-electron chi connectivity index (χ1n) is 7.27. The van der Waals surface area contributed by atoms with Crippen LogP contribution in [0.2, 0.25) is 0 Å². The van der Waals surface area contributed by atoms with Crippen molar-refractivity contribution in [1.82, 2.24) is 10.3 Å². The van der Waals surface area contributed by atoms with E-state index in [0.717, 1.165) is 30.6 Å². The summed E-state index contributed by atoms with van der Waals surface area (Å²) in [6.45, 7) is 6.62. The molecule has 0 atom stereocenters. The highest BCUT2D eigenvalue weighted by Gasteiger charge is 2.20. The molecule has 1 fully saturated rings. The molecule has 1 saturated carbocycles. The van der Waals surface area contributed by atoms with Crippen molar-refractivity contribution in [2.24, 2.45) is 5.92 Å². The number of anilines is 1. The van der Waals surface area contributed by atoms with E-state index in [4.69, 9.17) is 4.74 Å². The monoisotopic (exact) mass is 277 g/mol. The number of aryl methyl sites for hydroxylation is 1. The number of rotatable bonds is 8. The summed E-state index contributed by atoms with van der Waals surface area (Å²) < 4.78 is 5.49. The number of aromatic nitrogens is 1. The number of pyridine rings is 1. The standard InChI is InChI=1S/C15H23N3O2/c1-3-16-14-9-13(8-11(2)18-14)15(19)17-6-7-20-10-12-4-5-12/h8-9,12H,3-7,10H2,1-2H3,(H,16,18)(H,17,19). The Hall–Kier alpha value is -1.62. The highest BCUT2D eigenvalue weighted by atomic mass is 16.5. The zero-order valence-corrected chi connectivity index (χ0v) is 12.2. The molecule has 1 aliphatic carbocycles. The average Bonchev–Trinajstić information content (AvgIpc) is 3.22. The van der Waals surface area contributed by atoms with Gasteiger partial charge in [0.25, 0.3) is 5.91 Å². The lowest BCUT2D eigenvalue weighted by molar-refractivity contribution is 0.0906. The molecule has 5 heteroatoms. The average molecular weight is 277 g/mol. The molecule has 2 rings (SSSR count). The van der Waals surface area contributed by atoms with Crippen LogP contribution in [0.25, 0.3) is 0 Å². The second kappa shape index (κ2) is 7.24. The van der Waals surface area contributed by atoms with Crippen molar-refractivity contribution in [3.8, 4) is 0 Å². The van der Waals surface area contributed by atoms with E-state index in [9.17, 15) is 4.79 Å². The Morgan fingerprint density at radius 2 is 2.25 bits per heavy atom. The van der Waals surface area contributed by atoms with E-state index in [1.807, 2.05) is 13.8 Å². The molecule has 0 aromatic carbocycles. The third-order valence-electron chi connectivity index (χ3n) is 3.16. The fourth-order valence-corrected chi connectivity index (χ4v) is 1.94. The van der Waals surface area contributed by atoms with Crippen LogP contribution < -0.4 is 10.6 Å². The smallest absolute Gasteiger partial charge is 0.251 e. The van der Waals surface area contributed by atoms with Crippen LogP contribution in [0.1, 0.15) is 35.8 Å². The summed E-state index contributed by atoms with van der Waals surface area (Å²) in [4.78, 5) is 16.4. The summed E-state index contributed by atoms with van der Waals surface area (Å²) in [6, 6.07) is 3.57. The van der Waals surface area contributed by atoms with Crippen LogP contribution >= 0.6 is 0 Å². The second-order valence-electron chi connectivity index (χ2n) is 5.19.